The zero-order valence-electron chi connectivity index (χ0n) is 21.6. The van der Waals surface area contributed by atoms with Crippen LogP contribution in [0, 0.1) is 18.1 Å². The average Bonchev–Trinajstić information content (AvgIpc) is 2.79. The van der Waals surface area contributed by atoms with Gasteiger partial charge in [0.25, 0.3) is 0 Å². The molecule has 2 aromatic carbocycles. The average molecular weight is 523 g/mol. The van der Waals surface area contributed by atoms with Crippen molar-refractivity contribution in [3.63, 3.8) is 0 Å². The molecular formula is C27H38F2N3O3S. The Bertz CT molecular complexity index is 1070. The molecule has 9 heteroatoms. The number of rotatable bonds is 15. The monoisotopic (exact) mass is 522 g/mol. The lowest BCUT2D eigenvalue weighted by molar-refractivity contribution is -0.122. The van der Waals surface area contributed by atoms with Gasteiger partial charge >= 0.3 is 0 Å². The van der Waals surface area contributed by atoms with Gasteiger partial charge in [0.05, 0.1) is 18.3 Å². The van der Waals surface area contributed by atoms with E-state index >= 15 is 0 Å². The first kappa shape index (κ1) is 29.9. The Morgan fingerprint density at radius 1 is 1.06 bits per heavy atom. The summed E-state index contributed by atoms with van der Waals surface area (Å²) >= 11 is 0. The predicted molar refractivity (Wildman–Crippen MR) is 140 cm³/mol. The second-order valence-corrected chi connectivity index (χ2v) is 11.5. The lowest BCUT2D eigenvalue weighted by Crippen LogP contribution is -2.47. The maximum atomic E-state index is 14.1. The summed E-state index contributed by atoms with van der Waals surface area (Å²) in [7, 11) is -0.416. The van der Waals surface area contributed by atoms with Gasteiger partial charge in [0.1, 0.15) is 16.9 Å². The molecule has 0 spiro atoms. The van der Waals surface area contributed by atoms with Crippen molar-refractivity contribution in [3.05, 3.63) is 77.2 Å². The molecule has 2 atom stereocenters. The van der Waals surface area contributed by atoms with Crippen LogP contribution in [-0.4, -0.2) is 58.2 Å². The van der Waals surface area contributed by atoms with E-state index in [1.54, 1.807) is 25.4 Å². The standard InChI is InChI=1S/C27H38F2N3O3S/c1-5-7-13-36(34,35)27(22-15-23(28)17-24(29)16-22)25(31-26(33)19-32(3)4)11-12-30-18-21-10-8-9-20(6-2)14-21/h8-11,14-17,25,27,30H,5-7,12-13,18-19H2,1-4H3,(H,31,33)/t25-,27?/m0/s1. The van der Waals surface area contributed by atoms with E-state index in [0.717, 1.165) is 24.1 Å². The highest BCUT2D eigenvalue weighted by molar-refractivity contribution is 7.91. The van der Waals surface area contributed by atoms with E-state index in [4.69, 9.17) is 0 Å². The summed E-state index contributed by atoms with van der Waals surface area (Å²) in [4.78, 5) is 14.3. The fraction of sp³-hybridized carbons (Fsp3) is 0.481. The fourth-order valence-corrected chi connectivity index (χ4v) is 6.13. The smallest absolute Gasteiger partial charge is 0.234 e. The Kier molecular flexibility index (Phi) is 11.9. The van der Waals surface area contributed by atoms with E-state index in [1.807, 2.05) is 19.1 Å². The number of hydrogen-bond acceptors (Lipinski definition) is 5. The molecular weight excluding hydrogens is 484 g/mol. The minimum absolute atomic E-state index is 0.0225. The molecule has 1 unspecified atom stereocenters. The Hall–Kier alpha value is -2.36. The van der Waals surface area contributed by atoms with Crippen LogP contribution in [0.1, 0.15) is 48.6 Å². The van der Waals surface area contributed by atoms with E-state index in [2.05, 4.69) is 29.7 Å². The Morgan fingerprint density at radius 3 is 2.33 bits per heavy atom. The molecule has 0 aromatic heterocycles. The Balaban J connectivity index is 2.33. The SMILES string of the molecule is CCCCS(=O)(=O)C(c1cc(F)cc(F)c1)[C@H]([CH]CNCc1cccc(CC)c1)NC(=O)CN(C)C. The molecule has 1 radical (unpaired) electrons. The van der Waals surface area contributed by atoms with Gasteiger partial charge in [-0.2, -0.15) is 0 Å². The summed E-state index contributed by atoms with van der Waals surface area (Å²) < 4.78 is 55.1. The van der Waals surface area contributed by atoms with Crippen molar-refractivity contribution < 1.29 is 22.0 Å². The van der Waals surface area contributed by atoms with Crippen molar-refractivity contribution in [3.8, 4) is 0 Å². The van der Waals surface area contributed by atoms with E-state index in [-0.39, 0.29) is 30.3 Å². The van der Waals surface area contributed by atoms with Crippen molar-refractivity contribution in [2.24, 2.45) is 0 Å². The van der Waals surface area contributed by atoms with Crippen molar-refractivity contribution >= 4 is 15.7 Å². The number of carbonyl (C=O) groups is 1. The van der Waals surface area contributed by atoms with Crippen LogP contribution in [0.3, 0.4) is 0 Å². The number of sulfone groups is 1. The van der Waals surface area contributed by atoms with Gasteiger partial charge in [0.2, 0.25) is 5.91 Å². The minimum Gasteiger partial charge on any atom is -0.350 e. The summed E-state index contributed by atoms with van der Waals surface area (Å²) in [5.41, 5.74) is 2.27. The number of hydrogen-bond donors (Lipinski definition) is 2. The van der Waals surface area contributed by atoms with Crippen LogP contribution in [-0.2, 0) is 27.6 Å². The molecule has 0 aliphatic rings. The molecule has 1 amide bonds. The molecule has 0 fully saturated rings. The Morgan fingerprint density at radius 2 is 1.72 bits per heavy atom. The summed E-state index contributed by atoms with van der Waals surface area (Å²) in [5.74, 6) is -2.28. The molecule has 2 aromatic rings. The van der Waals surface area contributed by atoms with Gasteiger partial charge in [-0.3, -0.25) is 4.79 Å². The number of aryl methyl sites for hydroxylation is 1. The molecule has 0 saturated carbocycles. The summed E-state index contributed by atoms with van der Waals surface area (Å²) in [6.45, 7) is 4.81. The highest BCUT2D eigenvalue weighted by atomic mass is 32.2. The van der Waals surface area contributed by atoms with Crippen LogP contribution in [0.25, 0.3) is 0 Å². The third kappa shape index (κ3) is 9.59. The third-order valence-corrected chi connectivity index (χ3v) is 7.94. The van der Waals surface area contributed by atoms with E-state index in [0.29, 0.717) is 25.5 Å². The van der Waals surface area contributed by atoms with Gasteiger partial charge in [-0.25, -0.2) is 17.2 Å². The normalized spacial score (nSPS) is 13.5. The molecule has 0 saturated heterocycles. The first-order valence-corrected chi connectivity index (χ1v) is 14.0. The number of unbranched alkanes of at least 4 members (excludes halogenated alkanes) is 1. The quantitative estimate of drug-likeness (QED) is 0.348. The first-order valence-electron chi connectivity index (χ1n) is 12.3. The summed E-state index contributed by atoms with van der Waals surface area (Å²) in [5, 5.41) is 4.72. The molecule has 199 valence electrons. The maximum absolute atomic E-state index is 14.1. The lowest BCUT2D eigenvalue weighted by atomic mass is 10.0. The minimum atomic E-state index is -3.86. The molecule has 0 aliphatic heterocycles. The van der Waals surface area contributed by atoms with Crippen LogP contribution >= 0.6 is 0 Å². The van der Waals surface area contributed by atoms with Crippen molar-refractivity contribution in [1.82, 2.24) is 15.5 Å². The number of nitrogens with zero attached hydrogens (tertiary/aromatic N) is 1. The largest absolute Gasteiger partial charge is 0.350 e. The highest BCUT2D eigenvalue weighted by Crippen LogP contribution is 2.30. The summed E-state index contributed by atoms with van der Waals surface area (Å²) in [6.07, 6.45) is 3.62. The van der Waals surface area contributed by atoms with Gasteiger partial charge in [0.15, 0.2) is 9.84 Å². The summed E-state index contributed by atoms with van der Waals surface area (Å²) in [6, 6.07) is 9.89. The first-order chi connectivity index (χ1) is 17.1. The molecule has 0 aliphatic carbocycles. The Labute approximate surface area is 214 Å². The lowest BCUT2D eigenvalue weighted by Gasteiger charge is -2.29. The third-order valence-electron chi connectivity index (χ3n) is 5.74. The predicted octanol–water partition coefficient (Wildman–Crippen LogP) is 3.82. The van der Waals surface area contributed by atoms with E-state index in [1.165, 1.54) is 5.56 Å². The maximum Gasteiger partial charge on any atom is 0.234 e. The number of halogens is 2. The van der Waals surface area contributed by atoms with Crippen LogP contribution in [0.15, 0.2) is 42.5 Å². The van der Waals surface area contributed by atoms with Gasteiger partial charge in [0, 0.05) is 19.2 Å². The highest BCUT2D eigenvalue weighted by Gasteiger charge is 2.36. The van der Waals surface area contributed by atoms with Crippen LogP contribution < -0.4 is 10.6 Å². The van der Waals surface area contributed by atoms with Gasteiger partial charge in [-0.05, 0) is 62.2 Å². The van der Waals surface area contributed by atoms with Crippen molar-refractivity contribution in [1.29, 1.82) is 0 Å². The topological polar surface area (TPSA) is 78.5 Å². The van der Waals surface area contributed by atoms with Crippen molar-refractivity contribution in [2.45, 2.75) is 50.9 Å². The van der Waals surface area contributed by atoms with Crippen LogP contribution in [0.5, 0.6) is 0 Å². The van der Waals surface area contributed by atoms with Crippen LogP contribution in [0.2, 0.25) is 0 Å². The molecule has 6 nitrogen and oxygen atoms in total. The number of amides is 1. The van der Waals surface area contributed by atoms with Crippen molar-refractivity contribution in [2.75, 3.05) is 32.9 Å². The van der Waals surface area contributed by atoms with Gasteiger partial charge in [-0.1, -0.05) is 44.5 Å². The van der Waals surface area contributed by atoms with Gasteiger partial charge in [-0.15, -0.1) is 0 Å². The second-order valence-electron chi connectivity index (χ2n) is 9.22. The molecule has 0 bridgehead atoms. The van der Waals surface area contributed by atoms with Gasteiger partial charge < -0.3 is 15.5 Å². The molecule has 2 N–H and O–H groups in total. The fourth-order valence-electron chi connectivity index (χ4n) is 4.01. The zero-order valence-corrected chi connectivity index (χ0v) is 22.4. The van der Waals surface area contributed by atoms with E-state index < -0.39 is 32.8 Å². The van der Waals surface area contributed by atoms with Crippen LogP contribution in [0.4, 0.5) is 8.78 Å². The number of likely N-dealkylation sites (N-methyl/N-ethyl adjacent to an activating group) is 1. The van der Waals surface area contributed by atoms with E-state index in [9.17, 15) is 22.0 Å². The molecule has 36 heavy (non-hydrogen) atoms. The number of carbonyl (C=O) groups excluding carboxylic acids is 1. The number of benzene rings is 2. The zero-order chi connectivity index (χ0) is 26.7. The molecule has 0 heterocycles. The second kappa shape index (κ2) is 14.4. The number of nitrogens with one attached hydrogen (secondary N) is 2. The molecule has 2 rings (SSSR count).